The van der Waals surface area contributed by atoms with Crippen LogP contribution in [0.25, 0.3) is 0 Å². The normalized spacial score (nSPS) is 10.2. The van der Waals surface area contributed by atoms with Crippen molar-refractivity contribution in [2.45, 2.75) is 19.6 Å². The number of pyridine rings is 1. The van der Waals surface area contributed by atoms with Crippen LogP contribution < -0.4 is 4.74 Å². The SMILES string of the molecule is COc1c(C)cnc(CSO)c1C. The highest BCUT2D eigenvalue weighted by molar-refractivity contribution is 7.92. The second-order valence-corrected chi connectivity index (χ2v) is 3.37. The maximum absolute atomic E-state index is 8.71. The Labute approximate surface area is 82.4 Å². The van der Waals surface area contributed by atoms with Crippen molar-refractivity contribution in [3.63, 3.8) is 0 Å². The maximum Gasteiger partial charge on any atom is 0.128 e. The first-order chi connectivity index (χ1) is 6.20. The molecule has 0 saturated carbocycles. The van der Waals surface area contributed by atoms with Crippen molar-refractivity contribution < 1.29 is 9.29 Å². The molecule has 4 heteroatoms. The van der Waals surface area contributed by atoms with Crippen molar-refractivity contribution in [1.82, 2.24) is 4.98 Å². The smallest absolute Gasteiger partial charge is 0.128 e. The summed E-state index contributed by atoms with van der Waals surface area (Å²) in [6.45, 7) is 3.90. The molecule has 3 nitrogen and oxygen atoms in total. The van der Waals surface area contributed by atoms with Gasteiger partial charge < -0.3 is 9.29 Å². The van der Waals surface area contributed by atoms with Gasteiger partial charge in [-0.3, -0.25) is 4.98 Å². The number of ether oxygens (including phenoxy) is 1. The molecule has 1 aromatic heterocycles. The highest BCUT2D eigenvalue weighted by Crippen LogP contribution is 2.25. The minimum Gasteiger partial charge on any atom is -0.496 e. The van der Waals surface area contributed by atoms with Gasteiger partial charge in [0, 0.05) is 17.3 Å². The molecule has 0 aromatic carbocycles. The zero-order chi connectivity index (χ0) is 9.84. The van der Waals surface area contributed by atoms with Gasteiger partial charge in [0.05, 0.1) is 18.6 Å². The van der Waals surface area contributed by atoms with Crippen LogP contribution in [0.4, 0.5) is 0 Å². The third-order valence-electron chi connectivity index (χ3n) is 1.95. The summed E-state index contributed by atoms with van der Waals surface area (Å²) in [6, 6.07) is 0. The van der Waals surface area contributed by atoms with Crippen LogP contribution in [0.5, 0.6) is 5.75 Å². The summed E-state index contributed by atoms with van der Waals surface area (Å²) in [4.78, 5) is 4.22. The maximum atomic E-state index is 8.71. The minimum atomic E-state index is 0.502. The van der Waals surface area contributed by atoms with E-state index in [1.807, 2.05) is 13.8 Å². The number of hydrogen-bond acceptors (Lipinski definition) is 4. The van der Waals surface area contributed by atoms with E-state index in [0.29, 0.717) is 5.75 Å². The van der Waals surface area contributed by atoms with Crippen molar-refractivity contribution in [1.29, 1.82) is 0 Å². The van der Waals surface area contributed by atoms with Gasteiger partial charge in [0.15, 0.2) is 0 Å². The second kappa shape index (κ2) is 4.48. The lowest BCUT2D eigenvalue weighted by atomic mass is 10.1. The third-order valence-corrected chi connectivity index (χ3v) is 2.35. The molecule has 0 unspecified atom stereocenters. The van der Waals surface area contributed by atoms with Crippen molar-refractivity contribution in [2.24, 2.45) is 0 Å². The first-order valence-electron chi connectivity index (χ1n) is 3.96. The molecule has 72 valence electrons. The number of hydrogen-bond donors (Lipinski definition) is 1. The molecule has 1 rings (SSSR count). The Morgan fingerprint density at radius 2 is 2.23 bits per heavy atom. The molecule has 0 aliphatic carbocycles. The lowest BCUT2D eigenvalue weighted by molar-refractivity contribution is 0.407. The highest BCUT2D eigenvalue weighted by Gasteiger charge is 2.08. The average Bonchev–Trinajstić information content (AvgIpc) is 2.11. The fourth-order valence-electron chi connectivity index (χ4n) is 1.28. The fraction of sp³-hybridized carbons (Fsp3) is 0.444. The molecular weight excluding hydrogens is 186 g/mol. The van der Waals surface area contributed by atoms with Crippen LogP contribution in [0, 0.1) is 13.8 Å². The van der Waals surface area contributed by atoms with Gasteiger partial charge in [-0.2, -0.15) is 0 Å². The zero-order valence-corrected chi connectivity index (χ0v) is 8.81. The van der Waals surface area contributed by atoms with E-state index in [-0.39, 0.29) is 0 Å². The Morgan fingerprint density at radius 3 is 2.77 bits per heavy atom. The number of nitrogens with zero attached hydrogens (tertiary/aromatic N) is 1. The van der Waals surface area contributed by atoms with Gasteiger partial charge in [0.25, 0.3) is 0 Å². The lowest BCUT2D eigenvalue weighted by Gasteiger charge is -2.10. The standard InChI is InChI=1S/C9H13NO2S/c1-6-4-10-8(5-13-11)7(2)9(6)12-3/h4,11H,5H2,1-3H3. The molecule has 1 heterocycles. The summed E-state index contributed by atoms with van der Waals surface area (Å²) in [6.07, 6.45) is 1.76. The van der Waals surface area contributed by atoms with Crippen LogP contribution >= 0.6 is 12.0 Å². The summed E-state index contributed by atoms with van der Waals surface area (Å²) in [7, 11) is 1.64. The molecule has 0 atom stereocenters. The highest BCUT2D eigenvalue weighted by atomic mass is 32.2. The predicted molar refractivity (Wildman–Crippen MR) is 54.2 cm³/mol. The molecule has 0 aliphatic heterocycles. The van der Waals surface area contributed by atoms with E-state index in [1.165, 1.54) is 0 Å². The van der Waals surface area contributed by atoms with Crippen molar-refractivity contribution >= 4 is 12.0 Å². The molecule has 0 saturated heterocycles. The number of aromatic nitrogens is 1. The van der Waals surface area contributed by atoms with Crippen LogP contribution in [0.3, 0.4) is 0 Å². The summed E-state index contributed by atoms with van der Waals surface area (Å²) in [5, 5.41) is 0. The van der Waals surface area contributed by atoms with E-state index >= 15 is 0 Å². The van der Waals surface area contributed by atoms with Gasteiger partial charge in [0.2, 0.25) is 0 Å². The molecule has 0 bridgehead atoms. The van der Waals surface area contributed by atoms with Crippen LogP contribution in [0.2, 0.25) is 0 Å². The molecule has 13 heavy (non-hydrogen) atoms. The Bertz CT molecular complexity index is 302. The van der Waals surface area contributed by atoms with E-state index in [2.05, 4.69) is 4.98 Å². The summed E-state index contributed by atoms with van der Waals surface area (Å²) >= 11 is 0.776. The van der Waals surface area contributed by atoms with Crippen LogP contribution in [0.15, 0.2) is 6.20 Å². The Balaban J connectivity index is 3.11. The third kappa shape index (κ3) is 2.14. The second-order valence-electron chi connectivity index (χ2n) is 2.82. The van der Waals surface area contributed by atoms with E-state index < -0.39 is 0 Å². The first-order valence-corrected chi connectivity index (χ1v) is 4.90. The van der Waals surface area contributed by atoms with Gasteiger partial charge in [-0.15, -0.1) is 0 Å². The molecule has 0 spiro atoms. The molecule has 0 fully saturated rings. The van der Waals surface area contributed by atoms with Crippen LogP contribution in [-0.4, -0.2) is 16.6 Å². The van der Waals surface area contributed by atoms with Crippen molar-refractivity contribution in [3.05, 3.63) is 23.0 Å². The zero-order valence-electron chi connectivity index (χ0n) is 8.00. The van der Waals surface area contributed by atoms with Crippen molar-refractivity contribution in [2.75, 3.05) is 7.11 Å². The van der Waals surface area contributed by atoms with Gasteiger partial charge >= 0.3 is 0 Å². The van der Waals surface area contributed by atoms with Gasteiger partial charge in [-0.1, -0.05) is 0 Å². The Hall–Kier alpha value is -0.740. The summed E-state index contributed by atoms with van der Waals surface area (Å²) < 4.78 is 13.9. The fourth-order valence-corrected chi connectivity index (χ4v) is 1.69. The summed E-state index contributed by atoms with van der Waals surface area (Å²) in [5.74, 6) is 1.36. The van der Waals surface area contributed by atoms with E-state index in [1.54, 1.807) is 13.3 Å². The lowest BCUT2D eigenvalue weighted by Crippen LogP contribution is -1.98. The number of aryl methyl sites for hydroxylation is 1. The van der Waals surface area contributed by atoms with E-state index in [9.17, 15) is 0 Å². The Kier molecular flexibility index (Phi) is 3.57. The van der Waals surface area contributed by atoms with Crippen molar-refractivity contribution in [3.8, 4) is 5.75 Å². The molecule has 1 aromatic rings. The molecule has 0 radical (unpaired) electrons. The van der Waals surface area contributed by atoms with Gasteiger partial charge in [0.1, 0.15) is 5.75 Å². The van der Waals surface area contributed by atoms with E-state index in [4.69, 9.17) is 9.29 Å². The van der Waals surface area contributed by atoms with Crippen LogP contribution in [0.1, 0.15) is 16.8 Å². The largest absolute Gasteiger partial charge is 0.496 e. The first kappa shape index (κ1) is 10.3. The average molecular weight is 199 g/mol. The quantitative estimate of drug-likeness (QED) is 0.759. The molecule has 0 aliphatic rings. The number of rotatable bonds is 3. The topological polar surface area (TPSA) is 42.4 Å². The molecule has 0 amide bonds. The Morgan fingerprint density at radius 1 is 1.54 bits per heavy atom. The summed E-state index contributed by atoms with van der Waals surface area (Å²) in [5.41, 5.74) is 2.89. The number of methoxy groups -OCH3 is 1. The predicted octanol–water partition coefficient (Wildman–Crippen LogP) is 2.41. The molecule has 1 N–H and O–H groups in total. The van der Waals surface area contributed by atoms with Gasteiger partial charge in [-0.25, -0.2) is 0 Å². The van der Waals surface area contributed by atoms with Crippen LogP contribution in [-0.2, 0) is 5.75 Å². The van der Waals surface area contributed by atoms with E-state index in [0.717, 1.165) is 34.6 Å². The van der Waals surface area contributed by atoms with Gasteiger partial charge in [-0.05, 0) is 25.9 Å². The molecular formula is C9H13NO2S. The minimum absolute atomic E-state index is 0.502. The monoisotopic (exact) mass is 199 g/mol.